The van der Waals surface area contributed by atoms with Gasteiger partial charge in [0.05, 0.1) is 18.1 Å². The van der Waals surface area contributed by atoms with E-state index in [1.54, 1.807) is 32.2 Å². The lowest BCUT2D eigenvalue weighted by Crippen LogP contribution is -2.24. The van der Waals surface area contributed by atoms with Crippen molar-refractivity contribution in [1.82, 2.24) is 0 Å². The molecule has 0 N–H and O–H groups in total. The number of hydrogen-bond donors (Lipinski definition) is 0. The summed E-state index contributed by atoms with van der Waals surface area (Å²) in [5.41, 5.74) is 0.616. The number of benzene rings is 1. The second kappa shape index (κ2) is 5.93. The van der Waals surface area contributed by atoms with E-state index in [1.807, 2.05) is 13.8 Å². The van der Waals surface area contributed by atoms with Crippen LogP contribution in [0.2, 0.25) is 5.02 Å². The van der Waals surface area contributed by atoms with Gasteiger partial charge in [0.1, 0.15) is 5.75 Å². The van der Waals surface area contributed by atoms with E-state index in [-0.39, 0.29) is 16.9 Å². The van der Waals surface area contributed by atoms with Crippen molar-refractivity contribution in [3.63, 3.8) is 0 Å². The third kappa shape index (κ3) is 3.62. The first-order chi connectivity index (χ1) is 8.27. The summed E-state index contributed by atoms with van der Waals surface area (Å²) in [6.45, 7) is 5.53. The molecule has 0 bridgehead atoms. The summed E-state index contributed by atoms with van der Waals surface area (Å²) < 4.78 is 29.3. The van der Waals surface area contributed by atoms with Gasteiger partial charge in [0.15, 0.2) is 9.84 Å². The zero-order valence-electron chi connectivity index (χ0n) is 11.1. The molecule has 1 aromatic rings. The zero-order valence-corrected chi connectivity index (χ0v) is 12.7. The summed E-state index contributed by atoms with van der Waals surface area (Å²) in [4.78, 5) is 0. The van der Waals surface area contributed by atoms with Crippen LogP contribution in [0.3, 0.4) is 0 Å². The van der Waals surface area contributed by atoms with E-state index in [4.69, 9.17) is 16.3 Å². The van der Waals surface area contributed by atoms with Gasteiger partial charge in [0.25, 0.3) is 0 Å². The number of ether oxygens (including phenoxy) is 1. The van der Waals surface area contributed by atoms with Crippen LogP contribution in [-0.2, 0) is 15.6 Å². The highest BCUT2D eigenvalue weighted by Gasteiger charge is 2.25. The van der Waals surface area contributed by atoms with Gasteiger partial charge in [-0.1, -0.05) is 31.5 Å². The zero-order chi connectivity index (χ0) is 13.9. The Morgan fingerprint density at radius 1 is 1.28 bits per heavy atom. The second-order valence-corrected chi connectivity index (χ2v) is 7.48. The van der Waals surface area contributed by atoms with Gasteiger partial charge < -0.3 is 4.74 Å². The molecule has 0 fully saturated rings. The Bertz CT molecular complexity index is 509. The largest absolute Gasteiger partial charge is 0.497 e. The highest BCUT2D eigenvalue weighted by atomic mass is 35.5. The summed E-state index contributed by atoms with van der Waals surface area (Å²) in [5, 5.41) is 0.0459. The van der Waals surface area contributed by atoms with Crippen LogP contribution in [0, 0.1) is 5.92 Å². The Labute approximate surface area is 114 Å². The maximum Gasteiger partial charge on any atom is 0.157 e. The molecule has 1 aromatic carbocycles. The van der Waals surface area contributed by atoms with E-state index in [2.05, 4.69) is 0 Å². The fourth-order valence-electron chi connectivity index (χ4n) is 1.53. The molecule has 0 radical (unpaired) electrons. The predicted molar refractivity (Wildman–Crippen MR) is 74.9 cm³/mol. The Kier molecular flexibility index (Phi) is 5.05. The van der Waals surface area contributed by atoms with Gasteiger partial charge in [-0.05, 0) is 30.5 Å². The molecule has 1 rings (SSSR count). The van der Waals surface area contributed by atoms with Crippen molar-refractivity contribution >= 4 is 21.4 Å². The fourth-order valence-corrected chi connectivity index (χ4v) is 3.63. The van der Waals surface area contributed by atoms with E-state index >= 15 is 0 Å². The monoisotopic (exact) mass is 290 g/mol. The number of methoxy groups -OCH3 is 1. The molecule has 0 heterocycles. The van der Waals surface area contributed by atoms with Crippen LogP contribution >= 0.6 is 11.6 Å². The van der Waals surface area contributed by atoms with Gasteiger partial charge in [0.2, 0.25) is 0 Å². The van der Waals surface area contributed by atoms with Gasteiger partial charge in [-0.2, -0.15) is 0 Å². The standard InChI is InChI=1S/C13H19ClO3S/c1-9(2)10(3)18(15,16)8-11-5-6-12(17-4)7-13(11)14/h5-7,9-10H,8H2,1-4H3. The van der Waals surface area contributed by atoms with E-state index < -0.39 is 9.84 Å². The molecule has 0 saturated heterocycles. The average Bonchev–Trinajstić information content (AvgIpc) is 2.30. The van der Waals surface area contributed by atoms with Gasteiger partial charge >= 0.3 is 0 Å². The highest BCUT2D eigenvalue weighted by Crippen LogP contribution is 2.26. The highest BCUT2D eigenvalue weighted by molar-refractivity contribution is 7.91. The quantitative estimate of drug-likeness (QED) is 0.835. The lowest BCUT2D eigenvalue weighted by molar-refractivity contribution is 0.414. The lowest BCUT2D eigenvalue weighted by atomic mass is 10.2. The topological polar surface area (TPSA) is 43.4 Å². The van der Waals surface area contributed by atoms with Crippen LogP contribution in [0.25, 0.3) is 0 Å². The summed E-state index contributed by atoms with van der Waals surface area (Å²) in [6, 6.07) is 5.05. The molecule has 0 amide bonds. The molecular weight excluding hydrogens is 272 g/mol. The third-order valence-corrected chi connectivity index (χ3v) is 5.86. The van der Waals surface area contributed by atoms with E-state index in [9.17, 15) is 8.42 Å². The van der Waals surface area contributed by atoms with Gasteiger partial charge in [0, 0.05) is 5.02 Å². The smallest absolute Gasteiger partial charge is 0.157 e. The summed E-state index contributed by atoms with van der Waals surface area (Å²) >= 11 is 6.05. The first-order valence-electron chi connectivity index (χ1n) is 5.82. The molecule has 0 spiro atoms. The molecule has 0 saturated carbocycles. The maximum absolute atomic E-state index is 12.2. The molecule has 5 heteroatoms. The fraction of sp³-hybridized carbons (Fsp3) is 0.538. The first-order valence-corrected chi connectivity index (χ1v) is 7.91. The predicted octanol–water partition coefficient (Wildman–Crippen LogP) is 3.31. The Hall–Kier alpha value is -0.740. The SMILES string of the molecule is COc1ccc(CS(=O)(=O)C(C)C(C)C)c(Cl)c1. The Balaban J connectivity index is 2.98. The van der Waals surface area contributed by atoms with Crippen molar-refractivity contribution in [2.45, 2.75) is 31.8 Å². The van der Waals surface area contributed by atoms with Crippen LogP contribution in [0.5, 0.6) is 5.75 Å². The van der Waals surface area contributed by atoms with Gasteiger partial charge in [-0.15, -0.1) is 0 Å². The molecule has 0 aromatic heterocycles. The minimum absolute atomic E-state index is 0.0326. The Morgan fingerprint density at radius 3 is 2.33 bits per heavy atom. The van der Waals surface area contributed by atoms with Crippen molar-refractivity contribution in [1.29, 1.82) is 0 Å². The van der Waals surface area contributed by atoms with E-state index in [0.29, 0.717) is 16.3 Å². The third-order valence-electron chi connectivity index (χ3n) is 3.12. The van der Waals surface area contributed by atoms with Crippen LogP contribution in [0.1, 0.15) is 26.3 Å². The van der Waals surface area contributed by atoms with Crippen LogP contribution in [-0.4, -0.2) is 20.8 Å². The van der Waals surface area contributed by atoms with Crippen molar-refractivity contribution < 1.29 is 13.2 Å². The molecule has 0 aliphatic rings. The van der Waals surface area contributed by atoms with Crippen LogP contribution < -0.4 is 4.74 Å². The molecule has 102 valence electrons. The average molecular weight is 291 g/mol. The van der Waals surface area contributed by atoms with E-state index in [1.165, 1.54) is 0 Å². The van der Waals surface area contributed by atoms with Crippen molar-refractivity contribution in [3.05, 3.63) is 28.8 Å². The molecular formula is C13H19ClO3S. The molecule has 18 heavy (non-hydrogen) atoms. The number of halogens is 1. The van der Waals surface area contributed by atoms with Gasteiger partial charge in [-0.25, -0.2) is 8.42 Å². The van der Waals surface area contributed by atoms with Crippen LogP contribution in [0.15, 0.2) is 18.2 Å². The minimum Gasteiger partial charge on any atom is -0.497 e. The van der Waals surface area contributed by atoms with Crippen molar-refractivity contribution in [2.75, 3.05) is 7.11 Å². The Morgan fingerprint density at radius 2 is 1.89 bits per heavy atom. The van der Waals surface area contributed by atoms with Crippen molar-refractivity contribution in [3.8, 4) is 5.75 Å². The summed E-state index contributed by atoms with van der Waals surface area (Å²) in [7, 11) is -1.64. The maximum atomic E-state index is 12.2. The van der Waals surface area contributed by atoms with Gasteiger partial charge in [-0.3, -0.25) is 0 Å². The molecule has 0 aliphatic heterocycles. The summed E-state index contributed by atoms with van der Waals surface area (Å²) in [6.07, 6.45) is 0. The van der Waals surface area contributed by atoms with E-state index in [0.717, 1.165) is 0 Å². The number of hydrogen-bond acceptors (Lipinski definition) is 3. The first kappa shape index (κ1) is 15.3. The molecule has 0 aliphatic carbocycles. The van der Waals surface area contributed by atoms with Crippen molar-refractivity contribution in [2.24, 2.45) is 5.92 Å². The molecule has 1 unspecified atom stereocenters. The summed E-state index contributed by atoms with van der Waals surface area (Å²) in [5.74, 6) is 0.680. The molecule has 3 nitrogen and oxygen atoms in total. The number of sulfone groups is 1. The van der Waals surface area contributed by atoms with Crippen LogP contribution in [0.4, 0.5) is 0 Å². The normalized spacial score (nSPS) is 13.7. The minimum atomic E-state index is -3.18. The lowest BCUT2D eigenvalue weighted by Gasteiger charge is -2.17. The number of rotatable bonds is 5. The molecule has 1 atom stereocenters. The second-order valence-electron chi connectivity index (χ2n) is 4.71.